The lowest BCUT2D eigenvalue weighted by atomic mass is 10.2. The van der Waals surface area contributed by atoms with Crippen molar-refractivity contribution in [2.24, 2.45) is 0 Å². The number of carbonyl (C=O) groups is 3. The summed E-state index contributed by atoms with van der Waals surface area (Å²) in [5, 5.41) is 2.69. The molecule has 0 spiro atoms. The molecule has 6 nitrogen and oxygen atoms in total. The minimum Gasteiger partial charge on any atom is -0.451 e. The molecule has 1 aromatic carbocycles. The molecule has 29 heavy (non-hydrogen) atoms. The van der Waals surface area contributed by atoms with Gasteiger partial charge in [-0.15, -0.1) is 11.3 Å². The number of amides is 1. The third-order valence-electron chi connectivity index (χ3n) is 3.95. The van der Waals surface area contributed by atoms with Gasteiger partial charge in [-0.25, -0.2) is 9.18 Å². The van der Waals surface area contributed by atoms with E-state index in [1.54, 1.807) is 12.1 Å². The van der Waals surface area contributed by atoms with E-state index in [0.717, 1.165) is 4.88 Å². The second-order valence-corrected chi connectivity index (χ2v) is 7.34. The molecule has 1 N–H and O–H groups in total. The normalized spacial score (nSPS) is 10.6. The van der Waals surface area contributed by atoms with Crippen molar-refractivity contribution in [2.75, 3.05) is 13.2 Å². The van der Waals surface area contributed by atoms with E-state index in [-0.39, 0.29) is 23.3 Å². The van der Waals surface area contributed by atoms with Gasteiger partial charge < -0.3 is 14.5 Å². The Balaban J connectivity index is 1.53. The van der Waals surface area contributed by atoms with Gasteiger partial charge in [-0.3, -0.25) is 9.59 Å². The Morgan fingerprint density at radius 1 is 1.07 bits per heavy atom. The van der Waals surface area contributed by atoms with Gasteiger partial charge >= 0.3 is 5.97 Å². The van der Waals surface area contributed by atoms with E-state index in [1.165, 1.54) is 48.6 Å². The summed E-state index contributed by atoms with van der Waals surface area (Å²) in [5.74, 6) is -1.20. The van der Waals surface area contributed by atoms with Crippen molar-refractivity contribution in [3.8, 4) is 11.3 Å². The molecule has 3 rings (SSSR count). The molecule has 0 saturated carbocycles. The summed E-state index contributed by atoms with van der Waals surface area (Å²) in [4.78, 5) is 36.7. The lowest BCUT2D eigenvalue weighted by molar-refractivity contribution is -0.118. The molecule has 0 fully saturated rings. The molecule has 150 valence electrons. The third kappa shape index (κ3) is 5.61. The third-order valence-corrected chi connectivity index (χ3v) is 5.14. The second-order valence-electron chi connectivity index (χ2n) is 6.17. The summed E-state index contributed by atoms with van der Waals surface area (Å²) in [5.41, 5.74) is 0.618. The van der Waals surface area contributed by atoms with Gasteiger partial charge in [0.2, 0.25) is 17.5 Å². The van der Waals surface area contributed by atoms with E-state index in [2.05, 4.69) is 5.32 Å². The van der Waals surface area contributed by atoms with Gasteiger partial charge in [-0.2, -0.15) is 0 Å². The van der Waals surface area contributed by atoms with E-state index in [0.29, 0.717) is 29.2 Å². The maximum absolute atomic E-state index is 13.0. The SMILES string of the molecule is CC(=O)NCCc1ccc(C(=O)COC(=O)c2ccc(-c3ccc(F)cc3)o2)s1. The van der Waals surface area contributed by atoms with E-state index in [1.807, 2.05) is 6.07 Å². The number of carbonyl (C=O) groups excluding carboxylic acids is 3. The number of Topliss-reactive ketones (excluding diaryl/α,β-unsaturated/α-hetero) is 1. The summed E-state index contributed by atoms with van der Waals surface area (Å²) < 4.78 is 23.5. The van der Waals surface area contributed by atoms with Crippen molar-refractivity contribution in [1.29, 1.82) is 0 Å². The predicted octanol–water partition coefficient (Wildman–Crippen LogP) is 3.87. The van der Waals surface area contributed by atoms with Crippen LogP contribution in [0.3, 0.4) is 0 Å². The molecule has 2 aromatic heterocycles. The van der Waals surface area contributed by atoms with Gasteiger partial charge in [0.25, 0.3) is 0 Å². The van der Waals surface area contributed by atoms with Crippen molar-refractivity contribution in [1.82, 2.24) is 5.32 Å². The number of nitrogens with one attached hydrogen (secondary N) is 1. The van der Waals surface area contributed by atoms with Crippen LogP contribution < -0.4 is 5.32 Å². The minimum atomic E-state index is -0.755. The highest BCUT2D eigenvalue weighted by Gasteiger charge is 2.17. The van der Waals surface area contributed by atoms with Crippen LogP contribution >= 0.6 is 11.3 Å². The number of hydrogen-bond donors (Lipinski definition) is 1. The molecule has 3 aromatic rings. The van der Waals surface area contributed by atoms with Crippen LogP contribution in [0.15, 0.2) is 52.9 Å². The lowest BCUT2D eigenvalue weighted by Gasteiger charge is -2.01. The number of thiophene rings is 1. The average molecular weight is 415 g/mol. The molecule has 0 aliphatic heterocycles. The topological polar surface area (TPSA) is 85.6 Å². The van der Waals surface area contributed by atoms with Crippen LogP contribution in [0.5, 0.6) is 0 Å². The number of hydrogen-bond acceptors (Lipinski definition) is 6. The van der Waals surface area contributed by atoms with Crippen LogP contribution in [0, 0.1) is 5.82 Å². The number of furan rings is 1. The van der Waals surface area contributed by atoms with Crippen molar-refractivity contribution in [3.05, 3.63) is 69.9 Å². The zero-order valence-corrected chi connectivity index (χ0v) is 16.4. The van der Waals surface area contributed by atoms with Gasteiger partial charge in [0.1, 0.15) is 11.6 Å². The average Bonchev–Trinajstić information content (AvgIpc) is 3.36. The van der Waals surface area contributed by atoms with Crippen molar-refractivity contribution >= 4 is 29.0 Å². The standard InChI is InChI=1S/C21H18FNO5S/c1-13(24)23-11-10-16-6-9-20(29-16)17(25)12-27-21(26)19-8-7-18(28-19)14-2-4-15(22)5-3-14/h2-9H,10-12H2,1H3,(H,23,24). The fraction of sp³-hybridized carbons (Fsp3) is 0.190. The van der Waals surface area contributed by atoms with Crippen LogP contribution in [0.1, 0.15) is 32.0 Å². The number of esters is 1. The van der Waals surface area contributed by atoms with Gasteiger partial charge in [0.05, 0.1) is 4.88 Å². The summed E-state index contributed by atoms with van der Waals surface area (Å²) in [6.07, 6.45) is 0.621. The molecule has 0 radical (unpaired) electrons. The van der Waals surface area contributed by atoms with Crippen molar-refractivity contribution in [2.45, 2.75) is 13.3 Å². The number of ether oxygens (including phenoxy) is 1. The first-order valence-corrected chi connectivity index (χ1v) is 9.63. The maximum Gasteiger partial charge on any atom is 0.374 e. The zero-order chi connectivity index (χ0) is 20.8. The molecule has 0 aliphatic rings. The monoisotopic (exact) mass is 415 g/mol. The van der Waals surface area contributed by atoms with Gasteiger partial charge in [-0.05, 0) is 55.0 Å². The molecular formula is C21H18FNO5S. The van der Waals surface area contributed by atoms with Gasteiger partial charge in [0, 0.05) is 23.9 Å². The molecular weight excluding hydrogens is 397 g/mol. The molecule has 0 unspecified atom stereocenters. The zero-order valence-electron chi connectivity index (χ0n) is 15.6. The fourth-order valence-corrected chi connectivity index (χ4v) is 3.45. The van der Waals surface area contributed by atoms with E-state index >= 15 is 0 Å². The molecule has 0 bridgehead atoms. The number of benzene rings is 1. The minimum absolute atomic E-state index is 0.0423. The Bertz CT molecular complexity index is 1020. The first-order chi connectivity index (χ1) is 13.9. The highest BCUT2D eigenvalue weighted by Crippen LogP contribution is 2.23. The van der Waals surface area contributed by atoms with Crippen molar-refractivity contribution in [3.63, 3.8) is 0 Å². The van der Waals surface area contributed by atoms with Crippen LogP contribution in [-0.4, -0.2) is 30.8 Å². The summed E-state index contributed by atoms with van der Waals surface area (Å²) >= 11 is 1.30. The summed E-state index contributed by atoms with van der Waals surface area (Å²) in [6.45, 7) is 1.53. The first kappa shape index (κ1) is 20.5. The highest BCUT2D eigenvalue weighted by molar-refractivity contribution is 7.14. The summed E-state index contributed by atoms with van der Waals surface area (Å²) in [7, 11) is 0. The van der Waals surface area contributed by atoms with Crippen LogP contribution in [0.2, 0.25) is 0 Å². The Morgan fingerprint density at radius 2 is 1.83 bits per heavy atom. The Morgan fingerprint density at radius 3 is 2.55 bits per heavy atom. The predicted molar refractivity (Wildman–Crippen MR) is 105 cm³/mol. The molecule has 2 heterocycles. The second kappa shape index (κ2) is 9.29. The number of ketones is 1. The van der Waals surface area contributed by atoms with E-state index in [4.69, 9.17) is 9.15 Å². The fourth-order valence-electron chi connectivity index (χ4n) is 2.51. The van der Waals surface area contributed by atoms with Crippen LogP contribution in [0.4, 0.5) is 4.39 Å². The van der Waals surface area contributed by atoms with Crippen LogP contribution in [-0.2, 0) is 16.0 Å². The number of halogens is 1. The Labute approximate surface area is 170 Å². The molecule has 0 saturated heterocycles. The molecule has 0 atom stereocenters. The largest absolute Gasteiger partial charge is 0.451 e. The lowest BCUT2D eigenvalue weighted by Crippen LogP contribution is -2.22. The Kier molecular flexibility index (Phi) is 6.56. The smallest absolute Gasteiger partial charge is 0.374 e. The maximum atomic E-state index is 13.0. The van der Waals surface area contributed by atoms with Crippen LogP contribution in [0.25, 0.3) is 11.3 Å². The molecule has 1 amide bonds. The van der Waals surface area contributed by atoms with E-state index in [9.17, 15) is 18.8 Å². The molecule has 0 aliphatic carbocycles. The highest BCUT2D eigenvalue weighted by atomic mass is 32.1. The molecule has 8 heteroatoms. The van der Waals surface area contributed by atoms with Gasteiger partial charge in [-0.1, -0.05) is 0 Å². The quantitative estimate of drug-likeness (QED) is 0.446. The first-order valence-electron chi connectivity index (χ1n) is 8.81. The van der Waals surface area contributed by atoms with Crippen molar-refractivity contribution < 1.29 is 27.9 Å². The summed E-state index contributed by atoms with van der Waals surface area (Å²) in [6, 6.07) is 12.1. The Hall–Kier alpha value is -3.26. The number of rotatable bonds is 8. The van der Waals surface area contributed by atoms with Gasteiger partial charge in [0.15, 0.2) is 6.61 Å². The van der Waals surface area contributed by atoms with E-state index < -0.39 is 12.6 Å².